The molecule has 4 nitrogen and oxygen atoms in total. The van der Waals surface area contributed by atoms with Gasteiger partial charge >= 0.3 is 0 Å². The quantitative estimate of drug-likeness (QED) is 0.853. The number of rotatable bonds is 5. The number of hydrogen-bond donors (Lipinski definition) is 1. The molecule has 0 radical (unpaired) electrons. The zero-order valence-corrected chi connectivity index (χ0v) is 13.6. The first-order valence-corrected chi connectivity index (χ1v) is 7.53. The molecular weight excluding hydrogens is 300 g/mol. The summed E-state index contributed by atoms with van der Waals surface area (Å²) in [5, 5.41) is 3.66. The number of Topliss-reactive ketones (excluding diaryl/α,β-unsaturated/α-hetero) is 1. The van der Waals surface area contributed by atoms with Crippen LogP contribution in [-0.4, -0.2) is 16.3 Å². The minimum atomic E-state index is -0.197. The van der Waals surface area contributed by atoms with Crippen molar-refractivity contribution in [1.29, 1.82) is 0 Å². The maximum atomic E-state index is 12.4. The molecule has 0 spiro atoms. The highest BCUT2D eigenvalue weighted by atomic mass is 35.5. The van der Waals surface area contributed by atoms with Crippen LogP contribution in [0.4, 0.5) is 0 Å². The average Bonchev–Trinajstić information content (AvgIpc) is 2.88. The molecular formula is C17H19ClN2O2. The topological polar surface area (TPSA) is 51.1 Å². The molecule has 116 valence electrons. The van der Waals surface area contributed by atoms with Crippen LogP contribution >= 0.6 is 11.6 Å². The first kappa shape index (κ1) is 16.3. The Kier molecular flexibility index (Phi) is 5.03. The van der Waals surface area contributed by atoms with Gasteiger partial charge in [0.25, 0.3) is 5.91 Å². The smallest absolute Gasteiger partial charge is 0.268 e. The lowest BCUT2D eigenvalue weighted by molar-refractivity contribution is 0.0927. The van der Waals surface area contributed by atoms with Crippen molar-refractivity contribution in [3.8, 4) is 0 Å². The summed E-state index contributed by atoms with van der Waals surface area (Å²) >= 11 is 5.89. The predicted octanol–water partition coefficient (Wildman–Crippen LogP) is 3.76. The van der Waals surface area contributed by atoms with Gasteiger partial charge in [0.05, 0.1) is 6.04 Å². The third-order valence-corrected chi connectivity index (χ3v) is 3.88. The second-order valence-corrected chi connectivity index (χ2v) is 5.70. The van der Waals surface area contributed by atoms with E-state index in [-0.39, 0.29) is 17.7 Å². The Morgan fingerprint density at radius 3 is 2.41 bits per heavy atom. The van der Waals surface area contributed by atoms with Gasteiger partial charge in [-0.25, -0.2) is 0 Å². The van der Waals surface area contributed by atoms with Gasteiger partial charge in [-0.3, -0.25) is 9.59 Å². The van der Waals surface area contributed by atoms with E-state index in [0.29, 0.717) is 16.3 Å². The van der Waals surface area contributed by atoms with Crippen molar-refractivity contribution in [2.45, 2.75) is 26.3 Å². The fraction of sp³-hybridized carbons (Fsp3) is 0.294. The third-order valence-electron chi connectivity index (χ3n) is 3.63. The maximum Gasteiger partial charge on any atom is 0.268 e. The van der Waals surface area contributed by atoms with Crippen molar-refractivity contribution in [3.63, 3.8) is 0 Å². The number of ketones is 1. The highest BCUT2D eigenvalue weighted by molar-refractivity contribution is 6.30. The summed E-state index contributed by atoms with van der Waals surface area (Å²) in [5.74, 6) is -0.254. The van der Waals surface area contributed by atoms with Crippen LogP contribution in [0.15, 0.2) is 36.5 Å². The largest absolute Gasteiger partial charge is 0.346 e. The molecule has 0 fully saturated rings. The van der Waals surface area contributed by atoms with Crippen molar-refractivity contribution >= 4 is 23.3 Å². The van der Waals surface area contributed by atoms with Crippen molar-refractivity contribution in [2.75, 3.05) is 0 Å². The number of aromatic nitrogens is 1. The first-order valence-electron chi connectivity index (χ1n) is 7.16. The van der Waals surface area contributed by atoms with E-state index in [2.05, 4.69) is 5.32 Å². The van der Waals surface area contributed by atoms with Crippen LogP contribution in [0.5, 0.6) is 0 Å². The van der Waals surface area contributed by atoms with Gasteiger partial charge in [-0.2, -0.15) is 0 Å². The summed E-state index contributed by atoms with van der Waals surface area (Å²) in [6.45, 7) is 3.49. The number of carbonyl (C=O) groups is 2. The van der Waals surface area contributed by atoms with Gasteiger partial charge in [0.2, 0.25) is 0 Å². The Labute approximate surface area is 135 Å². The number of nitrogens with one attached hydrogen (secondary N) is 1. The Morgan fingerprint density at radius 2 is 1.91 bits per heavy atom. The van der Waals surface area contributed by atoms with E-state index in [9.17, 15) is 9.59 Å². The lowest BCUT2D eigenvalue weighted by Gasteiger charge is -2.17. The molecule has 1 heterocycles. The van der Waals surface area contributed by atoms with Crippen molar-refractivity contribution in [2.24, 2.45) is 7.05 Å². The van der Waals surface area contributed by atoms with Crippen LogP contribution in [0.25, 0.3) is 0 Å². The normalized spacial score (nSPS) is 12.0. The summed E-state index contributed by atoms with van der Waals surface area (Å²) in [7, 11) is 1.75. The number of carbonyl (C=O) groups excluding carboxylic acids is 2. The summed E-state index contributed by atoms with van der Waals surface area (Å²) in [6.07, 6.45) is 2.43. The predicted molar refractivity (Wildman–Crippen MR) is 87.4 cm³/mol. The number of halogens is 1. The van der Waals surface area contributed by atoms with E-state index < -0.39 is 0 Å². The number of nitrogens with zero attached hydrogens (tertiary/aromatic N) is 1. The molecule has 5 heteroatoms. The monoisotopic (exact) mass is 318 g/mol. The molecule has 0 saturated carbocycles. The molecule has 1 aromatic heterocycles. The average molecular weight is 319 g/mol. The van der Waals surface area contributed by atoms with Gasteiger partial charge < -0.3 is 9.88 Å². The fourth-order valence-electron chi connectivity index (χ4n) is 2.33. The van der Waals surface area contributed by atoms with Crippen LogP contribution in [-0.2, 0) is 7.05 Å². The Balaban J connectivity index is 2.19. The van der Waals surface area contributed by atoms with Gasteiger partial charge in [-0.15, -0.1) is 0 Å². The van der Waals surface area contributed by atoms with E-state index in [1.54, 1.807) is 23.9 Å². The molecule has 22 heavy (non-hydrogen) atoms. The molecule has 1 N–H and O–H groups in total. The molecule has 0 bridgehead atoms. The molecule has 0 aliphatic carbocycles. The van der Waals surface area contributed by atoms with Crippen molar-refractivity contribution in [1.82, 2.24) is 9.88 Å². The SMILES string of the molecule is CCC(NC(=O)c1cc(C(C)=O)cn1C)c1ccc(Cl)cc1. The van der Waals surface area contributed by atoms with Gasteiger partial charge in [0.1, 0.15) is 5.69 Å². The van der Waals surface area contributed by atoms with E-state index >= 15 is 0 Å². The highest BCUT2D eigenvalue weighted by Gasteiger charge is 2.18. The Bertz CT molecular complexity index is 689. The number of aryl methyl sites for hydroxylation is 1. The second kappa shape index (κ2) is 6.79. The first-order chi connectivity index (χ1) is 10.4. The maximum absolute atomic E-state index is 12.4. The van der Waals surface area contributed by atoms with Gasteiger partial charge in [-0.1, -0.05) is 30.7 Å². The number of hydrogen-bond acceptors (Lipinski definition) is 2. The standard InChI is InChI=1S/C17H19ClN2O2/c1-4-15(12-5-7-14(18)8-6-12)19-17(22)16-9-13(11(2)21)10-20(16)3/h5-10,15H,4H2,1-3H3,(H,19,22). The zero-order valence-electron chi connectivity index (χ0n) is 12.9. The fourth-order valence-corrected chi connectivity index (χ4v) is 2.46. The summed E-state index contributed by atoms with van der Waals surface area (Å²) in [5.41, 5.74) is 2.01. The Hall–Kier alpha value is -2.07. The van der Waals surface area contributed by atoms with Gasteiger partial charge in [-0.05, 0) is 37.1 Å². The molecule has 1 aromatic carbocycles. The molecule has 2 rings (SSSR count). The van der Waals surface area contributed by atoms with Gasteiger partial charge in [0, 0.05) is 23.8 Å². The third kappa shape index (κ3) is 3.57. The number of benzene rings is 1. The molecule has 1 unspecified atom stereocenters. The lowest BCUT2D eigenvalue weighted by Crippen LogP contribution is -2.29. The minimum absolute atomic E-state index is 0.0561. The zero-order chi connectivity index (χ0) is 16.3. The molecule has 1 amide bonds. The molecule has 1 atom stereocenters. The molecule has 0 aliphatic heterocycles. The summed E-state index contributed by atoms with van der Waals surface area (Å²) < 4.78 is 1.67. The van der Waals surface area contributed by atoms with Crippen LogP contribution in [0, 0.1) is 0 Å². The van der Waals surface area contributed by atoms with Crippen LogP contribution in [0.3, 0.4) is 0 Å². The molecule has 0 saturated heterocycles. The van der Waals surface area contributed by atoms with E-state index in [4.69, 9.17) is 11.6 Å². The summed E-state index contributed by atoms with van der Waals surface area (Å²) in [6, 6.07) is 8.95. The minimum Gasteiger partial charge on any atom is -0.346 e. The highest BCUT2D eigenvalue weighted by Crippen LogP contribution is 2.20. The van der Waals surface area contributed by atoms with E-state index in [1.807, 2.05) is 31.2 Å². The molecule has 2 aromatic rings. The molecule has 0 aliphatic rings. The van der Waals surface area contributed by atoms with Crippen LogP contribution in [0.2, 0.25) is 5.02 Å². The Morgan fingerprint density at radius 1 is 1.27 bits per heavy atom. The van der Waals surface area contributed by atoms with Crippen molar-refractivity contribution in [3.05, 3.63) is 58.4 Å². The second-order valence-electron chi connectivity index (χ2n) is 5.27. The summed E-state index contributed by atoms with van der Waals surface area (Å²) in [4.78, 5) is 23.8. The van der Waals surface area contributed by atoms with E-state index in [0.717, 1.165) is 12.0 Å². The van der Waals surface area contributed by atoms with Crippen LogP contribution < -0.4 is 5.32 Å². The van der Waals surface area contributed by atoms with Crippen LogP contribution in [0.1, 0.15) is 52.7 Å². The lowest BCUT2D eigenvalue weighted by atomic mass is 10.0. The van der Waals surface area contributed by atoms with Crippen molar-refractivity contribution < 1.29 is 9.59 Å². The van der Waals surface area contributed by atoms with Gasteiger partial charge in [0.15, 0.2) is 5.78 Å². The number of amides is 1. The van der Waals surface area contributed by atoms with E-state index in [1.165, 1.54) is 6.92 Å².